The zero-order valence-electron chi connectivity index (χ0n) is 11.1. The molecule has 1 atom stereocenters. The van der Waals surface area contributed by atoms with Crippen LogP contribution in [0.3, 0.4) is 0 Å². The number of hydrogen-bond acceptors (Lipinski definition) is 4. The zero-order valence-corrected chi connectivity index (χ0v) is 11.9. The van der Waals surface area contributed by atoms with Gasteiger partial charge in [0.2, 0.25) is 5.03 Å². The Balaban J connectivity index is 2.24. The number of nitrogens with zero attached hydrogens (tertiary/aromatic N) is 2. The Kier molecular flexibility index (Phi) is 4.31. The number of nitriles is 1. The Morgan fingerprint density at radius 2 is 1.95 bits per heavy atom. The molecule has 0 saturated carbocycles. The fourth-order valence-corrected chi connectivity index (χ4v) is 3.01. The molecule has 1 aromatic carbocycles. The van der Waals surface area contributed by atoms with Gasteiger partial charge in [0.15, 0.2) is 5.82 Å². The summed E-state index contributed by atoms with van der Waals surface area (Å²) in [5, 5.41) is 8.09. The standard InChI is InChI=1S/C14H12FN3O2S/c1-10(12-6-4-11(9-16)5-7-12)18-21(19,20)14-13(15)3-2-8-17-14/h2-8,10,18H,1H3. The third-order valence-electron chi connectivity index (χ3n) is 2.85. The van der Waals surface area contributed by atoms with Crippen LogP contribution in [0, 0.1) is 17.1 Å². The van der Waals surface area contributed by atoms with Gasteiger partial charge in [-0.3, -0.25) is 0 Å². The summed E-state index contributed by atoms with van der Waals surface area (Å²) in [5.41, 5.74) is 1.14. The minimum absolute atomic E-state index is 0.476. The molecule has 0 bridgehead atoms. The third-order valence-corrected chi connectivity index (χ3v) is 4.32. The first-order chi connectivity index (χ1) is 9.94. The number of sulfonamides is 1. The van der Waals surface area contributed by atoms with Gasteiger partial charge in [0.05, 0.1) is 11.6 Å². The van der Waals surface area contributed by atoms with Gasteiger partial charge in [-0.2, -0.15) is 5.26 Å². The van der Waals surface area contributed by atoms with E-state index >= 15 is 0 Å². The number of aromatic nitrogens is 1. The number of halogens is 1. The Labute approximate surface area is 122 Å². The van der Waals surface area contributed by atoms with E-state index in [0.29, 0.717) is 11.1 Å². The van der Waals surface area contributed by atoms with E-state index in [1.54, 1.807) is 31.2 Å². The maximum atomic E-state index is 13.5. The molecule has 0 radical (unpaired) electrons. The van der Waals surface area contributed by atoms with Crippen LogP contribution in [0.25, 0.3) is 0 Å². The Bertz CT molecular complexity index is 783. The van der Waals surface area contributed by atoms with Crippen LogP contribution in [0.15, 0.2) is 47.6 Å². The fourth-order valence-electron chi connectivity index (χ4n) is 1.77. The van der Waals surface area contributed by atoms with Crippen molar-refractivity contribution in [3.8, 4) is 6.07 Å². The highest BCUT2D eigenvalue weighted by atomic mass is 32.2. The van der Waals surface area contributed by atoms with Gasteiger partial charge >= 0.3 is 0 Å². The summed E-state index contributed by atoms with van der Waals surface area (Å²) in [6, 6.07) is 10.2. The lowest BCUT2D eigenvalue weighted by Gasteiger charge is -2.14. The van der Waals surface area contributed by atoms with E-state index in [2.05, 4.69) is 9.71 Å². The first-order valence-corrected chi connectivity index (χ1v) is 7.55. The van der Waals surface area contributed by atoms with Crippen LogP contribution in [0.1, 0.15) is 24.1 Å². The summed E-state index contributed by atoms with van der Waals surface area (Å²) in [4.78, 5) is 3.56. The maximum absolute atomic E-state index is 13.5. The molecule has 0 saturated heterocycles. The van der Waals surface area contributed by atoms with Crippen LogP contribution in [0.5, 0.6) is 0 Å². The van der Waals surface area contributed by atoms with Crippen LogP contribution >= 0.6 is 0 Å². The van der Waals surface area contributed by atoms with Gasteiger partial charge in [-0.1, -0.05) is 12.1 Å². The molecule has 1 unspecified atom stereocenters. The second-order valence-electron chi connectivity index (χ2n) is 4.37. The van der Waals surface area contributed by atoms with Crippen molar-refractivity contribution in [2.45, 2.75) is 18.0 Å². The average molecular weight is 305 g/mol. The van der Waals surface area contributed by atoms with Gasteiger partial charge in [0, 0.05) is 12.2 Å². The summed E-state index contributed by atoms with van der Waals surface area (Å²) in [6.45, 7) is 1.62. The van der Waals surface area contributed by atoms with E-state index in [-0.39, 0.29) is 0 Å². The number of pyridine rings is 1. The van der Waals surface area contributed by atoms with Crippen molar-refractivity contribution in [1.29, 1.82) is 5.26 Å². The molecule has 0 fully saturated rings. The van der Waals surface area contributed by atoms with Crippen molar-refractivity contribution in [2.75, 3.05) is 0 Å². The second-order valence-corrected chi connectivity index (χ2v) is 6.00. The van der Waals surface area contributed by atoms with Crippen molar-refractivity contribution < 1.29 is 12.8 Å². The molecule has 0 aliphatic rings. The van der Waals surface area contributed by atoms with Crippen LogP contribution in [0.4, 0.5) is 4.39 Å². The van der Waals surface area contributed by atoms with Crippen molar-refractivity contribution >= 4 is 10.0 Å². The first kappa shape index (κ1) is 15.1. The van der Waals surface area contributed by atoms with Crippen molar-refractivity contribution in [3.63, 3.8) is 0 Å². The lowest BCUT2D eigenvalue weighted by Crippen LogP contribution is -2.28. The summed E-state index contributed by atoms with van der Waals surface area (Å²) in [7, 11) is -4.06. The average Bonchev–Trinajstić information content (AvgIpc) is 2.47. The predicted molar refractivity (Wildman–Crippen MR) is 74.1 cm³/mol. The minimum atomic E-state index is -4.06. The monoisotopic (exact) mass is 305 g/mol. The lowest BCUT2D eigenvalue weighted by molar-refractivity contribution is 0.536. The number of benzene rings is 1. The smallest absolute Gasteiger partial charge is 0.241 e. The van der Waals surface area contributed by atoms with E-state index in [0.717, 1.165) is 6.07 Å². The van der Waals surface area contributed by atoms with Crippen LogP contribution in [0.2, 0.25) is 0 Å². The summed E-state index contributed by atoms with van der Waals surface area (Å²) in [5.74, 6) is -0.906. The van der Waals surface area contributed by atoms with E-state index in [1.807, 2.05) is 6.07 Å². The summed E-state index contributed by atoms with van der Waals surface area (Å²) >= 11 is 0. The van der Waals surface area contributed by atoms with E-state index in [4.69, 9.17) is 5.26 Å². The fraction of sp³-hybridized carbons (Fsp3) is 0.143. The summed E-state index contributed by atoms with van der Waals surface area (Å²) in [6.07, 6.45) is 1.21. The van der Waals surface area contributed by atoms with Gasteiger partial charge in [-0.15, -0.1) is 0 Å². The van der Waals surface area contributed by atoms with Gasteiger partial charge in [-0.05, 0) is 36.8 Å². The molecule has 0 aliphatic carbocycles. The van der Waals surface area contributed by atoms with Crippen molar-refractivity contribution in [2.24, 2.45) is 0 Å². The minimum Gasteiger partial charge on any atom is -0.241 e. The molecule has 0 amide bonds. The van der Waals surface area contributed by atoms with Crippen LogP contribution < -0.4 is 4.72 Å². The molecule has 7 heteroatoms. The first-order valence-electron chi connectivity index (χ1n) is 6.07. The number of nitrogens with one attached hydrogen (secondary N) is 1. The highest BCUT2D eigenvalue weighted by molar-refractivity contribution is 7.89. The molecule has 108 valence electrons. The van der Waals surface area contributed by atoms with Crippen molar-refractivity contribution in [3.05, 3.63) is 59.5 Å². The highest BCUT2D eigenvalue weighted by Crippen LogP contribution is 2.17. The van der Waals surface area contributed by atoms with Crippen molar-refractivity contribution in [1.82, 2.24) is 9.71 Å². The zero-order chi connectivity index (χ0) is 15.5. The SMILES string of the molecule is CC(NS(=O)(=O)c1ncccc1F)c1ccc(C#N)cc1. The van der Waals surface area contributed by atoms with E-state index < -0.39 is 26.9 Å². The molecule has 1 heterocycles. The molecule has 0 aliphatic heterocycles. The molecular formula is C14H12FN3O2S. The highest BCUT2D eigenvalue weighted by Gasteiger charge is 2.23. The third kappa shape index (κ3) is 3.42. The molecule has 2 aromatic rings. The van der Waals surface area contributed by atoms with Gasteiger partial charge in [0.25, 0.3) is 10.0 Å². The van der Waals surface area contributed by atoms with E-state index in [9.17, 15) is 12.8 Å². The molecule has 1 aromatic heterocycles. The van der Waals surface area contributed by atoms with Crippen LogP contribution in [-0.4, -0.2) is 13.4 Å². The largest absolute Gasteiger partial charge is 0.261 e. The Morgan fingerprint density at radius 3 is 2.52 bits per heavy atom. The quantitative estimate of drug-likeness (QED) is 0.938. The second kappa shape index (κ2) is 5.99. The molecule has 5 nitrogen and oxygen atoms in total. The topological polar surface area (TPSA) is 82.8 Å². The van der Waals surface area contributed by atoms with E-state index in [1.165, 1.54) is 12.3 Å². The molecule has 1 N–H and O–H groups in total. The molecular weight excluding hydrogens is 293 g/mol. The van der Waals surface area contributed by atoms with Gasteiger partial charge in [-0.25, -0.2) is 22.5 Å². The number of hydrogen-bond donors (Lipinski definition) is 1. The van der Waals surface area contributed by atoms with Crippen LogP contribution in [-0.2, 0) is 10.0 Å². The predicted octanol–water partition coefficient (Wildman–Crippen LogP) is 2.13. The van der Waals surface area contributed by atoms with Gasteiger partial charge < -0.3 is 0 Å². The Morgan fingerprint density at radius 1 is 1.29 bits per heavy atom. The molecule has 2 rings (SSSR count). The molecule has 21 heavy (non-hydrogen) atoms. The lowest BCUT2D eigenvalue weighted by atomic mass is 10.1. The Hall–Kier alpha value is -2.30. The van der Waals surface area contributed by atoms with Gasteiger partial charge in [0.1, 0.15) is 0 Å². The number of rotatable bonds is 4. The maximum Gasteiger partial charge on any atom is 0.261 e. The molecule has 0 spiro atoms. The normalized spacial score (nSPS) is 12.6. The summed E-state index contributed by atoms with van der Waals surface area (Å²) < 4.78 is 40.1.